The molecular formula is C21H45N3. The minimum atomic E-state index is 0.711. The maximum atomic E-state index is 3.87. The zero-order chi connectivity index (χ0) is 19.2. The molecule has 2 N–H and O–H groups in total. The van der Waals surface area contributed by atoms with Gasteiger partial charge in [0.25, 0.3) is 0 Å². The highest BCUT2D eigenvalue weighted by atomic mass is 15.1. The number of nitrogens with one attached hydrogen (secondary N) is 2. The van der Waals surface area contributed by atoms with Crippen LogP contribution in [-0.2, 0) is 0 Å². The molecule has 0 aromatic carbocycles. The van der Waals surface area contributed by atoms with Crippen LogP contribution in [-0.4, -0.2) is 51.7 Å². The lowest BCUT2D eigenvalue weighted by atomic mass is 10.0. The molecule has 1 aliphatic rings. The smallest absolute Gasteiger partial charge is 0.0233 e. The van der Waals surface area contributed by atoms with E-state index in [9.17, 15) is 0 Å². The van der Waals surface area contributed by atoms with E-state index in [0.29, 0.717) is 6.04 Å². The van der Waals surface area contributed by atoms with E-state index >= 15 is 0 Å². The van der Waals surface area contributed by atoms with Crippen LogP contribution in [0.25, 0.3) is 0 Å². The van der Waals surface area contributed by atoms with Gasteiger partial charge in [-0.2, -0.15) is 0 Å². The second kappa shape index (κ2) is 24.4. The molecule has 0 aliphatic carbocycles. The molecule has 0 aromatic rings. The molecule has 24 heavy (non-hydrogen) atoms. The molecule has 3 heteroatoms. The molecule has 1 fully saturated rings. The summed E-state index contributed by atoms with van der Waals surface area (Å²) in [7, 11) is 5.81. The molecule has 0 bridgehead atoms. The Morgan fingerprint density at radius 2 is 1.58 bits per heavy atom. The van der Waals surface area contributed by atoms with Gasteiger partial charge in [-0.1, -0.05) is 65.0 Å². The molecule has 1 saturated heterocycles. The molecule has 0 radical (unpaired) electrons. The summed E-state index contributed by atoms with van der Waals surface area (Å²) in [6.45, 7) is 17.6. The van der Waals surface area contributed by atoms with Crippen molar-refractivity contribution in [2.45, 2.75) is 59.9 Å². The third-order valence-electron chi connectivity index (χ3n) is 3.17. The molecule has 1 aliphatic heterocycles. The van der Waals surface area contributed by atoms with E-state index in [1.165, 1.54) is 37.9 Å². The summed E-state index contributed by atoms with van der Waals surface area (Å²) in [4.78, 5) is 2.50. The topological polar surface area (TPSA) is 27.3 Å². The highest BCUT2D eigenvalue weighted by Crippen LogP contribution is 2.12. The van der Waals surface area contributed by atoms with E-state index < -0.39 is 0 Å². The van der Waals surface area contributed by atoms with E-state index in [1.807, 2.05) is 40.9 Å². The summed E-state index contributed by atoms with van der Waals surface area (Å²) in [6, 6.07) is 0.711. The van der Waals surface area contributed by atoms with Crippen molar-refractivity contribution in [3.63, 3.8) is 0 Å². The average molecular weight is 340 g/mol. The van der Waals surface area contributed by atoms with Gasteiger partial charge in [-0.15, -0.1) is 0 Å². The van der Waals surface area contributed by atoms with E-state index in [0.717, 1.165) is 6.54 Å². The van der Waals surface area contributed by atoms with Crippen LogP contribution in [0.2, 0.25) is 0 Å². The van der Waals surface area contributed by atoms with Gasteiger partial charge in [-0.25, -0.2) is 0 Å². The van der Waals surface area contributed by atoms with E-state index in [1.54, 1.807) is 0 Å². The Bertz CT molecular complexity index is 285. The van der Waals surface area contributed by atoms with Crippen LogP contribution in [0.3, 0.4) is 0 Å². The molecule has 0 aromatic heterocycles. The van der Waals surface area contributed by atoms with E-state index in [2.05, 4.69) is 61.2 Å². The molecule has 144 valence electrons. The summed E-state index contributed by atoms with van der Waals surface area (Å²) in [5, 5.41) is 6.10. The molecule has 0 atom stereocenters. The van der Waals surface area contributed by atoms with Gasteiger partial charge < -0.3 is 10.6 Å². The normalized spacial score (nSPS) is 15.4. The average Bonchev–Trinajstić information content (AvgIpc) is 2.62. The van der Waals surface area contributed by atoms with Crippen molar-refractivity contribution >= 4 is 0 Å². The number of rotatable bonds is 5. The van der Waals surface area contributed by atoms with Crippen LogP contribution in [0.5, 0.6) is 0 Å². The minimum Gasteiger partial charge on any atom is -0.323 e. The lowest BCUT2D eigenvalue weighted by Crippen LogP contribution is -2.41. The number of likely N-dealkylation sites (tertiary alicyclic amines) is 1. The summed E-state index contributed by atoms with van der Waals surface area (Å²) in [5.74, 6) is 0. The Balaban J connectivity index is -0.000000470. The van der Waals surface area contributed by atoms with Gasteiger partial charge in [0.1, 0.15) is 0 Å². The van der Waals surface area contributed by atoms with E-state index in [-0.39, 0.29) is 0 Å². The molecule has 3 nitrogen and oxygen atoms in total. The SMILES string of the molecule is C=C/C(=C\C=C/C)CN1CCC(NC)CC1.CC.CCC.CNC. The maximum absolute atomic E-state index is 3.87. The van der Waals surface area contributed by atoms with Crippen LogP contribution in [0.1, 0.15) is 53.9 Å². The van der Waals surface area contributed by atoms with Crippen molar-refractivity contribution in [3.8, 4) is 0 Å². The molecule has 1 rings (SSSR count). The first-order chi connectivity index (χ1) is 11.6. The number of hydrogen-bond donors (Lipinski definition) is 2. The summed E-state index contributed by atoms with van der Waals surface area (Å²) in [5.41, 5.74) is 1.31. The van der Waals surface area contributed by atoms with Crippen molar-refractivity contribution in [2.75, 3.05) is 40.8 Å². The zero-order valence-corrected chi connectivity index (χ0v) is 17.8. The van der Waals surface area contributed by atoms with Crippen molar-refractivity contribution < 1.29 is 0 Å². The number of nitrogens with zero attached hydrogens (tertiary/aromatic N) is 1. The third kappa shape index (κ3) is 19.1. The first-order valence-corrected chi connectivity index (χ1v) is 9.55. The maximum Gasteiger partial charge on any atom is 0.0233 e. The van der Waals surface area contributed by atoms with Crippen molar-refractivity contribution in [3.05, 3.63) is 36.5 Å². The summed E-state index contributed by atoms with van der Waals surface area (Å²) >= 11 is 0. The molecule has 0 spiro atoms. The van der Waals surface area contributed by atoms with Crippen molar-refractivity contribution in [2.24, 2.45) is 0 Å². The Morgan fingerprint density at radius 3 is 1.92 bits per heavy atom. The summed E-state index contributed by atoms with van der Waals surface area (Å²) < 4.78 is 0. The third-order valence-corrected chi connectivity index (χ3v) is 3.17. The first-order valence-electron chi connectivity index (χ1n) is 9.55. The summed E-state index contributed by atoms with van der Waals surface area (Å²) in [6.07, 6.45) is 12.0. The lowest BCUT2D eigenvalue weighted by Gasteiger charge is -2.31. The molecule has 0 unspecified atom stereocenters. The predicted octanol–water partition coefficient (Wildman–Crippen LogP) is 4.64. The number of allylic oxidation sites excluding steroid dienone is 3. The second-order valence-electron chi connectivity index (χ2n) is 5.52. The Morgan fingerprint density at radius 1 is 1.12 bits per heavy atom. The monoisotopic (exact) mass is 339 g/mol. The fraction of sp³-hybridized carbons (Fsp3) is 0.714. The van der Waals surface area contributed by atoms with Gasteiger partial charge in [0, 0.05) is 12.6 Å². The van der Waals surface area contributed by atoms with Gasteiger partial charge >= 0.3 is 0 Å². The van der Waals surface area contributed by atoms with Gasteiger partial charge in [0.2, 0.25) is 0 Å². The van der Waals surface area contributed by atoms with Crippen LogP contribution in [0.4, 0.5) is 0 Å². The predicted molar refractivity (Wildman–Crippen MR) is 114 cm³/mol. The quantitative estimate of drug-likeness (QED) is 0.715. The molecular weight excluding hydrogens is 294 g/mol. The number of hydrogen-bond acceptors (Lipinski definition) is 3. The fourth-order valence-corrected chi connectivity index (χ4v) is 2.04. The largest absolute Gasteiger partial charge is 0.323 e. The standard InChI is InChI=1S/C14H24N2.C3H8.C2H7N.C2H6/c1-4-6-7-13(5-2)12-16-10-8-14(15-3)9-11-16;2*1-3-2;1-2/h4-7,14-15H,2,8-12H2,1,3H3;3H2,1-2H3;3H,1-2H3;1-2H3/b6-4-,13-7+;;;. The molecule has 0 saturated carbocycles. The van der Waals surface area contributed by atoms with Crippen LogP contribution in [0.15, 0.2) is 36.5 Å². The molecule has 1 heterocycles. The second-order valence-corrected chi connectivity index (χ2v) is 5.52. The highest BCUT2D eigenvalue weighted by Gasteiger charge is 2.17. The number of piperidine rings is 1. The minimum absolute atomic E-state index is 0.711. The van der Waals surface area contributed by atoms with Gasteiger partial charge in [0.15, 0.2) is 0 Å². The van der Waals surface area contributed by atoms with Crippen molar-refractivity contribution in [1.82, 2.24) is 15.5 Å². The van der Waals surface area contributed by atoms with Crippen molar-refractivity contribution in [1.29, 1.82) is 0 Å². The first kappa shape index (κ1) is 27.9. The highest BCUT2D eigenvalue weighted by molar-refractivity contribution is 5.23. The zero-order valence-electron chi connectivity index (χ0n) is 17.8. The lowest BCUT2D eigenvalue weighted by molar-refractivity contribution is 0.217. The van der Waals surface area contributed by atoms with Crippen LogP contribution < -0.4 is 10.6 Å². The van der Waals surface area contributed by atoms with Gasteiger partial charge in [-0.05, 0) is 59.6 Å². The van der Waals surface area contributed by atoms with Crippen LogP contribution >= 0.6 is 0 Å². The Kier molecular flexibility index (Phi) is 28.3. The molecule has 0 amide bonds. The Hall–Kier alpha value is -0.900. The van der Waals surface area contributed by atoms with Crippen LogP contribution in [0, 0.1) is 0 Å². The Labute approximate surface area is 153 Å². The van der Waals surface area contributed by atoms with Gasteiger partial charge in [-0.3, -0.25) is 4.90 Å². The van der Waals surface area contributed by atoms with E-state index in [4.69, 9.17) is 0 Å². The fourth-order valence-electron chi connectivity index (χ4n) is 2.04. The van der Waals surface area contributed by atoms with Gasteiger partial charge in [0.05, 0.1) is 0 Å².